The van der Waals surface area contributed by atoms with Crippen LogP contribution >= 0.6 is 0 Å². The van der Waals surface area contributed by atoms with Crippen molar-refractivity contribution < 1.29 is 14.0 Å². The zero-order chi connectivity index (χ0) is 22.7. The Morgan fingerprint density at radius 1 is 0.969 bits per heavy atom. The third-order valence-electron chi connectivity index (χ3n) is 6.09. The Hall–Kier alpha value is -3.47. The van der Waals surface area contributed by atoms with Crippen molar-refractivity contribution in [3.8, 4) is 0 Å². The molecule has 1 fully saturated rings. The second-order valence-corrected chi connectivity index (χ2v) is 8.39. The van der Waals surface area contributed by atoms with Gasteiger partial charge in [-0.05, 0) is 61.6 Å². The fraction of sp³-hybridized carbons (Fsp3) is 0.259. The van der Waals surface area contributed by atoms with Gasteiger partial charge in [0.1, 0.15) is 5.82 Å². The quantitative estimate of drug-likeness (QED) is 0.579. The molecule has 3 aromatic rings. The average Bonchev–Trinajstić information content (AvgIpc) is 2.79. The van der Waals surface area contributed by atoms with E-state index in [1.807, 2.05) is 61.5 Å². The van der Waals surface area contributed by atoms with Gasteiger partial charge in [-0.1, -0.05) is 54.6 Å². The maximum Gasteiger partial charge on any atom is 0.257 e. The minimum absolute atomic E-state index is 0.0770. The average molecular weight is 431 g/mol. The molecule has 0 spiro atoms. The first-order valence-corrected chi connectivity index (χ1v) is 10.9. The number of hydrogen-bond acceptors (Lipinski definition) is 2. The summed E-state index contributed by atoms with van der Waals surface area (Å²) < 4.78 is 14.6. The highest BCUT2D eigenvalue weighted by molar-refractivity contribution is 5.98. The van der Waals surface area contributed by atoms with Crippen molar-refractivity contribution >= 4 is 17.5 Å². The van der Waals surface area contributed by atoms with Gasteiger partial charge in [-0.15, -0.1) is 0 Å². The molecule has 0 bridgehead atoms. The van der Waals surface area contributed by atoms with Gasteiger partial charge in [0.2, 0.25) is 5.91 Å². The van der Waals surface area contributed by atoms with Crippen LogP contribution in [0.25, 0.3) is 0 Å². The third kappa shape index (κ3) is 4.42. The summed E-state index contributed by atoms with van der Waals surface area (Å²) in [5.41, 5.74) is 3.33. The number of halogens is 1. The molecule has 0 unspecified atom stereocenters. The monoisotopic (exact) mass is 430 g/mol. The van der Waals surface area contributed by atoms with Gasteiger partial charge in [0.05, 0.1) is 17.5 Å². The molecule has 0 saturated carbocycles. The largest absolute Gasteiger partial charge is 0.331 e. The summed E-state index contributed by atoms with van der Waals surface area (Å²) in [5, 5.41) is 3.02. The van der Waals surface area contributed by atoms with Crippen LogP contribution in [-0.4, -0.2) is 23.3 Å². The van der Waals surface area contributed by atoms with Crippen molar-refractivity contribution in [3.63, 3.8) is 0 Å². The van der Waals surface area contributed by atoms with E-state index in [4.69, 9.17) is 0 Å². The van der Waals surface area contributed by atoms with Gasteiger partial charge in [-0.3, -0.25) is 9.59 Å². The van der Waals surface area contributed by atoms with E-state index in [0.717, 1.165) is 16.8 Å². The molecule has 5 heteroatoms. The second kappa shape index (κ2) is 9.35. The summed E-state index contributed by atoms with van der Waals surface area (Å²) >= 11 is 0. The fourth-order valence-electron chi connectivity index (χ4n) is 4.56. The maximum absolute atomic E-state index is 14.6. The Morgan fingerprint density at radius 3 is 2.44 bits per heavy atom. The van der Waals surface area contributed by atoms with E-state index in [2.05, 4.69) is 5.32 Å². The molecular formula is C27H27FN2O2. The number of carbonyl (C=O) groups is 2. The molecular weight excluding hydrogens is 403 g/mol. The van der Waals surface area contributed by atoms with Crippen molar-refractivity contribution in [2.24, 2.45) is 5.92 Å². The minimum Gasteiger partial charge on any atom is -0.331 e. The number of benzene rings is 3. The van der Waals surface area contributed by atoms with Gasteiger partial charge in [0.25, 0.3) is 5.91 Å². The molecule has 32 heavy (non-hydrogen) atoms. The number of hydrogen-bond donors (Lipinski definition) is 1. The van der Waals surface area contributed by atoms with Crippen LogP contribution in [0.5, 0.6) is 0 Å². The van der Waals surface area contributed by atoms with Crippen LogP contribution in [0.4, 0.5) is 10.1 Å². The van der Waals surface area contributed by atoms with Crippen LogP contribution < -0.4 is 5.32 Å². The summed E-state index contributed by atoms with van der Waals surface area (Å²) in [4.78, 5) is 28.6. The van der Waals surface area contributed by atoms with Gasteiger partial charge in [0.15, 0.2) is 0 Å². The number of nitrogens with zero attached hydrogens (tertiary/aromatic N) is 1. The zero-order valence-corrected chi connectivity index (χ0v) is 18.3. The highest BCUT2D eigenvalue weighted by atomic mass is 19.1. The Bertz CT molecular complexity index is 1110. The summed E-state index contributed by atoms with van der Waals surface area (Å²) in [6.07, 6.45) is 1.33. The Balaban J connectivity index is 1.70. The topological polar surface area (TPSA) is 49.4 Å². The molecule has 1 N–H and O–H groups in total. The summed E-state index contributed by atoms with van der Waals surface area (Å²) in [6, 6.07) is 21.4. The van der Waals surface area contributed by atoms with Gasteiger partial charge in [-0.25, -0.2) is 4.39 Å². The number of piperidine rings is 1. The molecule has 1 aliphatic rings. The second-order valence-electron chi connectivity index (χ2n) is 8.39. The molecule has 1 aliphatic heterocycles. The van der Waals surface area contributed by atoms with Crippen LogP contribution in [0, 0.1) is 25.6 Å². The van der Waals surface area contributed by atoms with Gasteiger partial charge in [0, 0.05) is 12.2 Å². The molecule has 1 heterocycles. The fourth-order valence-corrected chi connectivity index (χ4v) is 4.56. The van der Waals surface area contributed by atoms with Gasteiger partial charge >= 0.3 is 0 Å². The number of carbonyl (C=O) groups excluding carboxylic acids is 2. The highest BCUT2D eigenvalue weighted by Gasteiger charge is 2.40. The molecule has 0 aromatic heterocycles. The Morgan fingerprint density at radius 2 is 1.72 bits per heavy atom. The molecule has 2 atom stereocenters. The van der Waals surface area contributed by atoms with Crippen molar-refractivity contribution in [3.05, 3.63) is 101 Å². The van der Waals surface area contributed by atoms with Crippen molar-refractivity contribution in [2.45, 2.75) is 32.7 Å². The van der Waals surface area contributed by atoms with Crippen molar-refractivity contribution in [2.75, 3.05) is 11.9 Å². The standard InChI is InChI=1S/C27H27FN2O2/c1-18-9-6-13-21(17-18)29-26(31)22-14-8-16-30(25(22)20-11-4-3-5-12-20)27(32)24-19(2)10-7-15-23(24)28/h3-7,9-13,15,17,22,25H,8,14,16H2,1-2H3,(H,29,31)/t22-,25-/m0/s1. The highest BCUT2D eigenvalue weighted by Crippen LogP contribution is 2.38. The smallest absolute Gasteiger partial charge is 0.257 e. The van der Waals surface area contributed by atoms with Crippen molar-refractivity contribution in [1.29, 1.82) is 0 Å². The number of nitrogens with one attached hydrogen (secondary N) is 1. The molecule has 164 valence electrons. The van der Waals surface area contributed by atoms with E-state index in [1.54, 1.807) is 24.0 Å². The molecule has 4 nitrogen and oxygen atoms in total. The van der Waals surface area contributed by atoms with Crippen molar-refractivity contribution in [1.82, 2.24) is 4.90 Å². The summed E-state index contributed by atoms with van der Waals surface area (Å²) in [7, 11) is 0. The maximum atomic E-state index is 14.6. The van der Waals surface area contributed by atoms with E-state index in [1.165, 1.54) is 6.07 Å². The predicted molar refractivity (Wildman–Crippen MR) is 124 cm³/mol. The first-order valence-electron chi connectivity index (χ1n) is 10.9. The molecule has 0 radical (unpaired) electrons. The van der Waals surface area contributed by atoms with E-state index in [9.17, 15) is 14.0 Å². The minimum atomic E-state index is -0.534. The zero-order valence-electron chi connectivity index (χ0n) is 18.3. The lowest BCUT2D eigenvalue weighted by Crippen LogP contribution is -2.46. The Kier molecular flexibility index (Phi) is 6.35. The number of rotatable bonds is 4. The predicted octanol–water partition coefficient (Wildman–Crippen LogP) is 5.67. The molecule has 0 aliphatic carbocycles. The van der Waals surface area contributed by atoms with E-state index >= 15 is 0 Å². The first kappa shape index (κ1) is 21.8. The Labute approximate surface area is 188 Å². The first-order chi connectivity index (χ1) is 15.5. The lowest BCUT2D eigenvalue weighted by atomic mass is 9.83. The number of aryl methyl sites for hydroxylation is 2. The van der Waals surface area contributed by atoms with Crippen LogP contribution in [0.3, 0.4) is 0 Å². The van der Waals surface area contributed by atoms with Crippen LogP contribution in [0.1, 0.15) is 45.9 Å². The molecule has 4 rings (SSSR count). The normalized spacial score (nSPS) is 18.3. The van der Waals surface area contributed by atoms with Crippen LogP contribution in [0.15, 0.2) is 72.8 Å². The molecule has 3 aromatic carbocycles. The van der Waals surface area contributed by atoms with E-state index < -0.39 is 17.8 Å². The summed E-state index contributed by atoms with van der Waals surface area (Å²) in [6.45, 7) is 4.18. The lowest BCUT2D eigenvalue weighted by molar-refractivity contribution is -0.123. The number of likely N-dealkylation sites (tertiary alicyclic amines) is 1. The SMILES string of the molecule is Cc1cccc(NC(=O)[C@H]2CCCN(C(=O)c3c(C)cccc3F)[C@H]2c2ccccc2)c1. The van der Waals surface area contributed by atoms with Gasteiger partial charge in [-0.2, -0.15) is 0 Å². The lowest BCUT2D eigenvalue weighted by Gasteiger charge is -2.41. The van der Waals surface area contributed by atoms with Crippen LogP contribution in [0.2, 0.25) is 0 Å². The molecule has 1 saturated heterocycles. The van der Waals surface area contributed by atoms with E-state index in [-0.39, 0.29) is 17.4 Å². The molecule has 2 amide bonds. The number of amides is 2. The van der Waals surface area contributed by atoms with Crippen LogP contribution in [-0.2, 0) is 4.79 Å². The third-order valence-corrected chi connectivity index (χ3v) is 6.09. The van der Waals surface area contributed by atoms with E-state index in [0.29, 0.717) is 24.9 Å². The van der Waals surface area contributed by atoms with Gasteiger partial charge < -0.3 is 10.2 Å². The summed E-state index contributed by atoms with van der Waals surface area (Å²) in [5.74, 6) is -1.48. The number of anilines is 1.